The zero-order chi connectivity index (χ0) is 12.0. The molecule has 1 aliphatic rings. The number of amides is 1. The Kier molecular flexibility index (Phi) is 5.46. The first-order chi connectivity index (χ1) is 7.69. The lowest BCUT2D eigenvalue weighted by Crippen LogP contribution is -2.47. The van der Waals surface area contributed by atoms with Gasteiger partial charge in [-0.2, -0.15) is 0 Å². The van der Waals surface area contributed by atoms with Crippen molar-refractivity contribution in [3.63, 3.8) is 0 Å². The molecular formula is C12H22N2O2. The molecule has 1 fully saturated rings. The third kappa shape index (κ3) is 3.59. The van der Waals surface area contributed by atoms with E-state index in [1.807, 2.05) is 4.90 Å². The van der Waals surface area contributed by atoms with Crippen LogP contribution in [-0.4, -0.2) is 42.8 Å². The van der Waals surface area contributed by atoms with Gasteiger partial charge < -0.3 is 5.32 Å². The largest absolute Gasteiger partial charge is 0.358 e. The maximum Gasteiger partial charge on any atom is 0.233 e. The van der Waals surface area contributed by atoms with Crippen LogP contribution in [0.5, 0.6) is 0 Å². The smallest absolute Gasteiger partial charge is 0.233 e. The van der Waals surface area contributed by atoms with Crippen LogP contribution in [0.15, 0.2) is 0 Å². The van der Waals surface area contributed by atoms with Gasteiger partial charge in [0, 0.05) is 13.5 Å². The van der Waals surface area contributed by atoms with E-state index in [4.69, 9.17) is 0 Å². The summed E-state index contributed by atoms with van der Waals surface area (Å²) in [6.45, 7) is 3.24. The highest BCUT2D eigenvalue weighted by Gasteiger charge is 2.28. The van der Waals surface area contributed by atoms with Gasteiger partial charge in [0.2, 0.25) is 5.91 Å². The number of carbonyl (C=O) groups excluding carboxylic acids is 2. The fourth-order valence-electron chi connectivity index (χ4n) is 2.25. The van der Waals surface area contributed by atoms with Crippen LogP contribution in [0.25, 0.3) is 0 Å². The average Bonchev–Trinajstić information content (AvgIpc) is 2.29. The van der Waals surface area contributed by atoms with Crippen molar-refractivity contribution in [2.75, 3.05) is 20.1 Å². The summed E-state index contributed by atoms with van der Waals surface area (Å²) in [4.78, 5) is 25.2. The Morgan fingerprint density at radius 3 is 2.81 bits per heavy atom. The quantitative estimate of drug-likeness (QED) is 0.759. The van der Waals surface area contributed by atoms with E-state index in [1.54, 1.807) is 7.05 Å². The van der Waals surface area contributed by atoms with Crippen molar-refractivity contribution in [2.24, 2.45) is 0 Å². The number of hydrogen-bond donors (Lipinski definition) is 1. The molecule has 1 saturated carbocycles. The predicted octanol–water partition coefficient (Wildman–Crippen LogP) is 0.956. The van der Waals surface area contributed by atoms with Crippen LogP contribution < -0.4 is 5.32 Å². The highest BCUT2D eigenvalue weighted by Crippen LogP contribution is 2.19. The molecule has 0 bridgehead atoms. The van der Waals surface area contributed by atoms with Gasteiger partial charge in [0.25, 0.3) is 0 Å². The van der Waals surface area contributed by atoms with Crippen molar-refractivity contribution in [3.05, 3.63) is 0 Å². The van der Waals surface area contributed by atoms with Crippen molar-refractivity contribution in [1.82, 2.24) is 10.2 Å². The first kappa shape index (κ1) is 13.2. The summed E-state index contributed by atoms with van der Waals surface area (Å²) in [7, 11) is 1.63. The molecule has 0 saturated heterocycles. The minimum absolute atomic E-state index is 0.00757. The summed E-state index contributed by atoms with van der Waals surface area (Å²) >= 11 is 0. The third-order valence-electron chi connectivity index (χ3n) is 3.10. The van der Waals surface area contributed by atoms with Gasteiger partial charge in [-0.3, -0.25) is 14.5 Å². The molecule has 4 nitrogen and oxygen atoms in total. The summed E-state index contributed by atoms with van der Waals surface area (Å²) in [6, 6.07) is -0.0222. The van der Waals surface area contributed by atoms with E-state index in [2.05, 4.69) is 12.2 Å². The number of hydrogen-bond acceptors (Lipinski definition) is 3. The maximum absolute atomic E-state index is 11.8. The topological polar surface area (TPSA) is 49.4 Å². The number of ketones is 1. The highest BCUT2D eigenvalue weighted by atomic mass is 16.2. The lowest BCUT2D eigenvalue weighted by atomic mass is 9.92. The average molecular weight is 226 g/mol. The van der Waals surface area contributed by atoms with Crippen LogP contribution in [0.2, 0.25) is 0 Å². The molecule has 0 radical (unpaired) electrons. The molecule has 0 aromatic heterocycles. The van der Waals surface area contributed by atoms with Gasteiger partial charge in [-0.15, -0.1) is 0 Å². The Balaban J connectivity index is 2.59. The van der Waals surface area contributed by atoms with Crippen LogP contribution in [0.1, 0.15) is 39.0 Å². The molecule has 0 aromatic rings. The summed E-state index contributed by atoms with van der Waals surface area (Å²) in [5, 5.41) is 2.62. The molecule has 0 aliphatic heterocycles. The van der Waals surface area contributed by atoms with Crippen LogP contribution in [0, 0.1) is 0 Å². The number of nitrogens with one attached hydrogen (secondary N) is 1. The van der Waals surface area contributed by atoms with E-state index in [9.17, 15) is 9.59 Å². The monoisotopic (exact) mass is 226 g/mol. The standard InChI is InChI=1S/C12H22N2O2/c1-3-8-14(9-12(16)13-2)10-6-4-5-7-11(10)15/h10H,3-9H2,1-2H3,(H,13,16). The Morgan fingerprint density at radius 2 is 2.25 bits per heavy atom. The van der Waals surface area contributed by atoms with Crippen molar-refractivity contribution in [3.8, 4) is 0 Å². The van der Waals surface area contributed by atoms with Gasteiger partial charge in [-0.05, 0) is 25.8 Å². The third-order valence-corrected chi connectivity index (χ3v) is 3.10. The summed E-state index contributed by atoms with van der Waals surface area (Å²) in [6.07, 6.45) is 4.68. The molecule has 0 aromatic carbocycles. The summed E-state index contributed by atoms with van der Waals surface area (Å²) < 4.78 is 0. The molecule has 1 N–H and O–H groups in total. The molecule has 16 heavy (non-hydrogen) atoms. The number of Topliss-reactive ketones (excluding diaryl/α,β-unsaturated/α-hetero) is 1. The zero-order valence-corrected chi connectivity index (χ0v) is 10.3. The molecule has 92 valence electrons. The van der Waals surface area contributed by atoms with E-state index < -0.39 is 0 Å². The van der Waals surface area contributed by atoms with Gasteiger partial charge in [-0.25, -0.2) is 0 Å². The number of nitrogens with zero attached hydrogens (tertiary/aromatic N) is 1. The van der Waals surface area contributed by atoms with E-state index in [1.165, 1.54) is 0 Å². The first-order valence-electron chi connectivity index (χ1n) is 6.16. The van der Waals surface area contributed by atoms with Crippen molar-refractivity contribution < 1.29 is 9.59 Å². The molecule has 1 rings (SSSR count). The molecule has 4 heteroatoms. The minimum Gasteiger partial charge on any atom is -0.358 e. The number of likely N-dealkylation sites (N-methyl/N-ethyl adjacent to an activating group) is 1. The maximum atomic E-state index is 11.8. The Hall–Kier alpha value is -0.900. The fourth-order valence-corrected chi connectivity index (χ4v) is 2.25. The van der Waals surface area contributed by atoms with E-state index in [0.29, 0.717) is 18.7 Å². The lowest BCUT2D eigenvalue weighted by Gasteiger charge is -2.32. The van der Waals surface area contributed by atoms with E-state index in [0.717, 1.165) is 32.2 Å². The molecule has 0 heterocycles. The van der Waals surface area contributed by atoms with Crippen LogP contribution >= 0.6 is 0 Å². The molecule has 1 atom stereocenters. The van der Waals surface area contributed by atoms with E-state index >= 15 is 0 Å². The van der Waals surface area contributed by atoms with Crippen LogP contribution in [0.3, 0.4) is 0 Å². The van der Waals surface area contributed by atoms with Gasteiger partial charge in [0.1, 0.15) is 5.78 Å². The summed E-state index contributed by atoms with van der Waals surface area (Å²) in [5.74, 6) is 0.301. The van der Waals surface area contributed by atoms with Crippen LogP contribution in [0.4, 0.5) is 0 Å². The van der Waals surface area contributed by atoms with Crippen molar-refractivity contribution >= 4 is 11.7 Å². The van der Waals surface area contributed by atoms with Gasteiger partial charge in [0.15, 0.2) is 0 Å². The fraction of sp³-hybridized carbons (Fsp3) is 0.833. The number of carbonyl (C=O) groups is 2. The van der Waals surface area contributed by atoms with Gasteiger partial charge in [0.05, 0.1) is 12.6 Å². The molecule has 1 aliphatic carbocycles. The second kappa shape index (κ2) is 6.63. The molecule has 1 amide bonds. The first-order valence-corrected chi connectivity index (χ1v) is 6.16. The highest BCUT2D eigenvalue weighted by molar-refractivity contribution is 5.85. The minimum atomic E-state index is -0.0222. The Morgan fingerprint density at radius 1 is 1.50 bits per heavy atom. The predicted molar refractivity (Wildman–Crippen MR) is 63.2 cm³/mol. The Labute approximate surface area is 97.4 Å². The molecular weight excluding hydrogens is 204 g/mol. The van der Waals surface area contributed by atoms with Crippen molar-refractivity contribution in [2.45, 2.75) is 45.1 Å². The zero-order valence-electron chi connectivity index (χ0n) is 10.3. The lowest BCUT2D eigenvalue weighted by molar-refractivity contribution is -0.128. The van der Waals surface area contributed by atoms with Crippen LogP contribution in [-0.2, 0) is 9.59 Å². The van der Waals surface area contributed by atoms with Gasteiger partial charge in [-0.1, -0.05) is 13.3 Å². The summed E-state index contributed by atoms with van der Waals surface area (Å²) in [5.41, 5.74) is 0. The number of rotatable bonds is 5. The van der Waals surface area contributed by atoms with Crippen molar-refractivity contribution in [1.29, 1.82) is 0 Å². The van der Waals surface area contributed by atoms with Gasteiger partial charge >= 0.3 is 0 Å². The van der Waals surface area contributed by atoms with E-state index in [-0.39, 0.29) is 11.9 Å². The molecule has 0 spiro atoms. The molecule has 1 unspecified atom stereocenters. The second-order valence-corrected chi connectivity index (χ2v) is 4.37. The Bertz CT molecular complexity index is 253. The second-order valence-electron chi connectivity index (χ2n) is 4.37. The SMILES string of the molecule is CCCN(CC(=O)NC)C1CCCCC1=O. The normalized spacial score (nSPS) is 21.2.